The molecule has 0 unspecified atom stereocenters. The molecule has 4 rings (SSSR count). The molecular weight excluding hydrogens is 402 g/mol. The van der Waals surface area contributed by atoms with E-state index in [1.807, 2.05) is 31.2 Å². The first-order chi connectivity index (χ1) is 14.8. The number of carboxylic acid groups (broad SMARTS) is 1. The zero-order valence-electron chi connectivity index (χ0n) is 16.8. The lowest BCUT2D eigenvalue weighted by molar-refractivity contribution is -0.137. The molecule has 0 spiro atoms. The fourth-order valence-electron chi connectivity index (χ4n) is 3.93. The monoisotopic (exact) mass is 422 g/mol. The number of hydrogen-bond donors (Lipinski definition) is 1. The minimum absolute atomic E-state index is 0.154. The molecule has 2 aromatic carbocycles. The van der Waals surface area contributed by atoms with E-state index in [-0.39, 0.29) is 24.2 Å². The molecule has 0 saturated carbocycles. The van der Waals surface area contributed by atoms with Crippen LogP contribution in [0.5, 0.6) is 0 Å². The molecule has 2 heterocycles. The zero-order valence-corrected chi connectivity index (χ0v) is 16.8. The molecule has 0 saturated heterocycles. The number of nitrogens with zero attached hydrogens (tertiary/aromatic N) is 2. The summed E-state index contributed by atoms with van der Waals surface area (Å²) in [5.74, 6) is -2.34. The largest absolute Gasteiger partial charge is 0.480 e. The molecule has 158 valence electrons. The highest BCUT2D eigenvalue weighted by Crippen LogP contribution is 2.28. The molecule has 5 nitrogen and oxygen atoms in total. The predicted molar refractivity (Wildman–Crippen MR) is 113 cm³/mol. The molecule has 2 aromatic heterocycles. The molecule has 0 fully saturated rings. The third-order valence-corrected chi connectivity index (χ3v) is 5.47. The number of rotatable bonds is 6. The summed E-state index contributed by atoms with van der Waals surface area (Å²) in [6, 6.07) is 14.2. The molecule has 7 heteroatoms. The summed E-state index contributed by atoms with van der Waals surface area (Å²) in [7, 11) is 0. The van der Waals surface area contributed by atoms with Crippen LogP contribution in [0.2, 0.25) is 0 Å². The van der Waals surface area contributed by atoms with E-state index in [0.717, 1.165) is 39.9 Å². The predicted octanol–water partition coefficient (Wildman–Crippen LogP) is 4.11. The van der Waals surface area contributed by atoms with Gasteiger partial charge in [-0.05, 0) is 36.2 Å². The van der Waals surface area contributed by atoms with Gasteiger partial charge in [0, 0.05) is 40.8 Å². The topological polar surface area (TPSA) is 64.2 Å². The van der Waals surface area contributed by atoms with Crippen molar-refractivity contribution < 1.29 is 18.7 Å². The minimum Gasteiger partial charge on any atom is -0.480 e. The Labute approximate surface area is 176 Å². The lowest BCUT2D eigenvalue weighted by Gasteiger charge is -2.11. The Hall–Kier alpha value is -3.74. The summed E-state index contributed by atoms with van der Waals surface area (Å²) in [6.07, 6.45) is 2.04. The highest BCUT2D eigenvalue weighted by atomic mass is 19.1. The minimum atomic E-state index is -0.934. The molecule has 31 heavy (non-hydrogen) atoms. The van der Waals surface area contributed by atoms with Crippen LogP contribution in [-0.2, 0) is 24.3 Å². The molecule has 0 aliphatic rings. The van der Waals surface area contributed by atoms with Crippen LogP contribution in [-0.4, -0.2) is 20.2 Å². The Morgan fingerprint density at radius 3 is 2.39 bits per heavy atom. The van der Waals surface area contributed by atoms with Crippen molar-refractivity contribution in [2.45, 2.75) is 26.4 Å². The van der Waals surface area contributed by atoms with E-state index in [9.17, 15) is 23.5 Å². The van der Waals surface area contributed by atoms with Crippen LogP contribution >= 0.6 is 0 Å². The van der Waals surface area contributed by atoms with E-state index in [1.165, 1.54) is 16.7 Å². The molecule has 0 atom stereocenters. The maximum absolute atomic E-state index is 14.0. The van der Waals surface area contributed by atoms with Crippen molar-refractivity contribution in [3.63, 3.8) is 0 Å². The average Bonchev–Trinajstić information content (AvgIpc) is 2.98. The standard InChI is InChI=1S/C24H20F2N2O3/c1-15-18(17-5-2-3-8-22(17)28(15)14-24(30)31)11-16-9-10-23(29)27(12-16)13-19-20(25)6-4-7-21(19)26/h2-10,12H,11,13-14H2,1H3,(H,30,31). The molecule has 0 amide bonds. The third kappa shape index (κ3) is 3.99. The number of aromatic nitrogens is 2. The van der Waals surface area contributed by atoms with Crippen molar-refractivity contribution in [3.8, 4) is 0 Å². The summed E-state index contributed by atoms with van der Waals surface area (Å²) in [4.78, 5) is 23.6. The van der Waals surface area contributed by atoms with Crippen LogP contribution in [0, 0.1) is 18.6 Å². The zero-order chi connectivity index (χ0) is 22.1. The van der Waals surface area contributed by atoms with Gasteiger partial charge in [-0.3, -0.25) is 9.59 Å². The van der Waals surface area contributed by atoms with Crippen LogP contribution < -0.4 is 5.56 Å². The van der Waals surface area contributed by atoms with Crippen LogP contribution in [0.1, 0.15) is 22.4 Å². The van der Waals surface area contributed by atoms with E-state index >= 15 is 0 Å². The van der Waals surface area contributed by atoms with Crippen molar-refractivity contribution in [2.24, 2.45) is 0 Å². The van der Waals surface area contributed by atoms with Crippen LogP contribution in [0.4, 0.5) is 8.78 Å². The van der Waals surface area contributed by atoms with E-state index < -0.39 is 17.6 Å². The van der Waals surface area contributed by atoms with Gasteiger partial charge in [0.15, 0.2) is 0 Å². The van der Waals surface area contributed by atoms with Crippen LogP contribution in [0.25, 0.3) is 10.9 Å². The van der Waals surface area contributed by atoms with Crippen molar-refractivity contribution in [1.29, 1.82) is 0 Å². The van der Waals surface area contributed by atoms with Crippen LogP contribution in [0.15, 0.2) is 65.6 Å². The third-order valence-electron chi connectivity index (χ3n) is 5.47. The van der Waals surface area contributed by atoms with Gasteiger partial charge in [-0.15, -0.1) is 0 Å². The van der Waals surface area contributed by atoms with Gasteiger partial charge in [-0.1, -0.05) is 30.3 Å². The molecular formula is C24H20F2N2O3. The first kappa shape index (κ1) is 20.5. The van der Waals surface area contributed by atoms with Gasteiger partial charge in [-0.2, -0.15) is 0 Å². The first-order valence-electron chi connectivity index (χ1n) is 9.76. The van der Waals surface area contributed by atoms with Crippen molar-refractivity contribution in [1.82, 2.24) is 9.13 Å². The maximum atomic E-state index is 14.0. The fraction of sp³-hybridized carbons (Fsp3) is 0.167. The second-order valence-electron chi connectivity index (χ2n) is 7.44. The molecule has 0 bridgehead atoms. The Bertz CT molecular complexity index is 1330. The number of fused-ring (bicyclic) bond motifs is 1. The lowest BCUT2D eigenvalue weighted by Crippen LogP contribution is -2.21. The number of benzene rings is 2. The summed E-state index contributed by atoms with van der Waals surface area (Å²) < 4.78 is 31.1. The quantitative estimate of drug-likeness (QED) is 0.509. The number of carboxylic acids is 1. The van der Waals surface area contributed by atoms with E-state index in [0.29, 0.717) is 6.42 Å². The SMILES string of the molecule is Cc1c(Cc2ccc(=O)n(Cc3c(F)cccc3F)c2)c2ccccc2n1CC(=O)O. The van der Waals surface area contributed by atoms with Gasteiger partial charge in [-0.25, -0.2) is 8.78 Å². The van der Waals surface area contributed by atoms with Gasteiger partial charge < -0.3 is 14.2 Å². The summed E-state index contributed by atoms with van der Waals surface area (Å²) in [5.41, 5.74) is 2.82. The number of carbonyl (C=O) groups is 1. The molecule has 0 aliphatic heterocycles. The number of halogens is 2. The normalized spacial score (nSPS) is 11.2. The van der Waals surface area contributed by atoms with Crippen molar-refractivity contribution in [3.05, 3.63) is 105 Å². The highest BCUT2D eigenvalue weighted by molar-refractivity contribution is 5.87. The van der Waals surface area contributed by atoms with E-state index in [2.05, 4.69) is 0 Å². The van der Waals surface area contributed by atoms with Crippen molar-refractivity contribution >= 4 is 16.9 Å². The van der Waals surface area contributed by atoms with Crippen LogP contribution in [0.3, 0.4) is 0 Å². The Kier molecular flexibility index (Phi) is 5.42. The Balaban J connectivity index is 1.74. The van der Waals surface area contributed by atoms with E-state index in [1.54, 1.807) is 16.8 Å². The summed E-state index contributed by atoms with van der Waals surface area (Å²) in [6.45, 7) is 1.49. The Morgan fingerprint density at radius 1 is 0.968 bits per heavy atom. The second kappa shape index (κ2) is 8.18. The smallest absolute Gasteiger partial charge is 0.323 e. The number of aliphatic carboxylic acids is 1. The number of hydrogen-bond acceptors (Lipinski definition) is 2. The molecule has 0 aliphatic carbocycles. The van der Waals surface area contributed by atoms with Gasteiger partial charge >= 0.3 is 5.97 Å². The van der Waals surface area contributed by atoms with Gasteiger partial charge in [0.25, 0.3) is 5.56 Å². The second-order valence-corrected chi connectivity index (χ2v) is 7.44. The maximum Gasteiger partial charge on any atom is 0.323 e. The number of pyridine rings is 1. The average molecular weight is 422 g/mol. The van der Waals surface area contributed by atoms with E-state index in [4.69, 9.17) is 0 Å². The number of para-hydroxylation sites is 1. The molecule has 1 N–H and O–H groups in total. The van der Waals surface area contributed by atoms with Gasteiger partial charge in [0.05, 0.1) is 6.54 Å². The first-order valence-corrected chi connectivity index (χ1v) is 9.76. The lowest BCUT2D eigenvalue weighted by atomic mass is 10.0. The van der Waals surface area contributed by atoms with Gasteiger partial charge in [0.1, 0.15) is 18.2 Å². The Morgan fingerprint density at radius 2 is 1.68 bits per heavy atom. The van der Waals surface area contributed by atoms with Crippen molar-refractivity contribution in [2.75, 3.05) is 0 Å². The fourth-order valence-corrected chi connectivity index (χ4v) is 3.93. The van der Waals surface area contributed by atoms with Gasteiger partial charge in [0.2, 0.25) is 0 Å². The molecule has 4 aromatic rings. The molecule has 0 radical (unpaired) electrons. The highest BCUT2D eigenvalue weighted by Gasteiger charge is 2.16. The summed E-state index contributed by atoms with van der Waals surface area (Å²) >= 11 is 0. The summed E-state index contributed by atoms with van der Waals surface area (Å²) in [5, 5.41) is 10.2.